The van der Waals surface area contributed by atoms with Crippen molar-refractivity contribution in [3.63, 3.8) is 0 Å². The summed E-state index contributed by atoms with van der Waals surface area (Å²) in [5, 5.41) is 3.18. The molecule has 3 rings (SSSR count). The normalized spacial score (nSPS) is 16.4. The average molecular weight is 442 g/mol. The maximum atomic E-state index is 12.7. The van der Waals surface area contributed by atoms with E-state index in [4.69, 9.17) is 9.15 Å². The summed E-state index contributed by atoms with van der Waals surface area (Å²) in [6.45, 7) is 0.203. The minimum Gasteiger partial charge on any atom is -0.486 e. The van der Waals surface area contributed by atoms with Crippen molar-refractivity contribution >= 4 is 11.9 Å². The number of benzene rings is 1. The standard InChI is InChI=1S/C26H35NO5/c1-30-26(29)20-13-15-22(16-14-20)31-19-23-17-18-24(32-23)25(28)27-21-11-9-7-5-3-2-4-6-8-10-12-21/h13-18,21H,2-12,19H2,1H3,(H,27,28). The largest absolute Gasteiger partial charge is 0.486 e. The van der Waals surface area contributed by atoms with Gasteiger partial charge in [0, 0.05) is 6.04 Å². The van der Waals surface area contributed by atoms with Gasteiger partial charge >= 0.3 is 5.97 Å². The number of amides is 1. The molecule has 6 heteroatoms. The predicted octanol–water partition coefficient (Wildman–Crippen LogP) is 6.05. The number of methoxy groups -OCH3 is 1. The monoisotopic (exact) mass is 441 g/mol. The second kappa shape index (κ2) is 12.9. The van der Waals surface area contributed by atoms with Crippen LogP contribution in [0.3, 0.4) is 0 Å². The van der Waals surface area contributed by atoms with Gasteiger partial charge in [0.25, 0.3) is 5.91 Å². The molecule has 0 aliphatic heterocycles. The maximum Gasteiger partial charge on any atom is 0.337 e. The molecule has 6 nitrogen and oxygen atoms in total. The number of ether oxygens (including phenoxy) is 2. The van der Waals surface area contributed by atoms with Crippen molar-refractivity contribution in [2.24, 2.45) is 0 Å². The highest BCUT2D eigenvalue weighted by atomic mass is 16.5. The third kappa shape index (κ3) is 7.74. The van der Waals surface area contributed by atoms with E-state index in [0.29, 0.717) is 22.8 Å². The first-order chi connectivity index (χ1) is 15.7. The van der Waals surface area contributed by atoms with E-state index in [1.807, 2.05) is 0 Å². The van der Waals surface area contributed by atoms with Crippen LogP contribution in [0.15, 0.2) is 40.8 Å². The zero-order chi connectivity index (χ0) is 22.6. The maximum absolute atomic E-state index is 12.7. The van der Waals surface area contributed by atoms with Gasteiger partial charge in [-0.05, 0) is 49.2 Å². The summed E-state index contributed by atoms with van der Waals surface area (Å²) in [6, 6.07) is 10.4. The molecule has 0 spiro atoms. The molecule has 2 aromatic rings. The van der Waals surface area contributed by atoms with E-state index in [1.165, 1.54) is 52.1 Å². The second-order valence-corrected chi connectivity index (χ2v) is 8.50. The fourth-order valence-corrected chi connectivity index (χ4v) is 4.10. The quantitative estimate of drug-likeness (QED) is 0.552. The van der Waals surface area contributed by atoms with Crippen LogP contribution in [0.1, 0.15) is 97.3 Å². The van der Waals surface area contributed by atoms with Crippen LogP contribution in [0, 0.1) is 0 Å². The van der Waals surface area contributed by atoms with Gasteiger partial charge in [0.1, 0.15) is 18.1 Å². The Morgan fingerprint density at radius 3 is 2.06 bits per heavy atom. The molecule has 1 N–H and O–H groups in total. The number of rotatable bonds is 6. The van der Waals surface area contributed by atoms with Gasteiger partial charge < -0.3 is 19.2 Å². The summed E-state index contributed by atoms with van der Waals surface area (Å²) in [5.41, 5.74) is 0.462. The van der Waals surface area contributed by atoms with Gasteiger partial charge in [0.2, 0.25) is 0 Å². The summed E-state index contributed by atoms with van der Waals surface area (Å²) in [4.78, 5) is 24.2. The highest BCUT2D eigenvalue weighted by molar-refractivity contribution is 5.91. The molecule has 1 amide bonds. The van der Waals surface area contributed by atoms with Crippen LogP contribution in [0.5, 0.6) is 5.75 Å². The van der Waals surface area contributed by atoms with E-state index in [2.05, 4.69) is 10.1 Å². The fraction of sp³-hybridized carbons (Fsp3) is 0.538. The summed E-state index contributed by atoms with van der Waals surface area (Å²) in [5.74, 6) is 0.949. The summed E-state index contributed by atoms with van der Waals surface area (Å²) >= 11 is 0. The SMILES string of the molecule is COC(=O)c1ccc(OCc2ccc(C(=O)NC3CCCCCCCCCCC3)o2)cc1. The molecule has 174 valence electrons. The van der Waals surface area contributed by atoms with E-state index >= 15 is 0 Å². The Hall–Kier alpha value is -2.76. The summed E-state index contributed by atoms with van der Waals surface area (Å²) < 4.78 is 16.1. The number of nitrogens with one attached hydrogen (secondary N) is 1. The van der Waals surface area contributed by atoms with Crippen LogP contribution in [-0.2, 0) is 11.3 Å². The van der Waals surface area contributed by atoms with E-state index < -0.39 is 0 Å². The van der Waals surface area contributed by atoms with Crippen LogP contribution in [0.2, 0.25) is 0 Å². The van der Waals surface area contributed by atoms with Gasteiger partial charge in [-0.15, -0.1) is 0 Å². The molecule has 1 saturated carbocycles. The molecule has 0 saturated heterocycles. The first-order valence-corrected chi connectivity index (χ1v) is 11.9. The highest BCUT2D eigenvalue weighted by Gasteiger charge is 2.17. The number of hydrogen-bond acceptors (Lipinski definition) is 5. The van der Waals surface area contributed by atoms with Crippen molar-refractivity contribution in [3.8, 4) is 5.75 Å². The highest BCUT2D eigenvalue weighted by Crippen LogP contribution is 2.19. The molecule has 0 atom stereocenters. The Bertz CT molecular complexity index is 830. The lowest BCUT2D eigenvalue weighted by molar-refractivity contribution is 0.0600. The van der Waals surface area contributed by atoms with Crippen molar-refractivity contribution in [2.45, 2.75) is 83.3 Å². The van der Waals surface area contributed by atoms with Gasteiger partial charge in [-0.2, -0.15) is 0 Å². The van der Waals surface area contributed by atoms with Gasteiger partial charge in [0.15, 0.2) is 5.76 Å². The zero-order valence-corrected chi connectivity index (χ0v) is 19.1. The van der Waals surface area contributed by atoms with Crippen molar-refractivity contribution in [1.82, 2.24) is 5.32 Å². The summed E-state index contributed by atoms with van der Waals surface area (Å²) in [7, 11) is 1.35. The van der Waals surface area contributed by atoms with Gasteiger partial charge in [-0.1, -0.05) is 57.8 Å². The first-order valence-electron chi connectivity index (χ1n) is 11.9. The number of furan rings is 1. The molecule has 0 unspecified atom stereocenters. The smallest absolute Gasteiger partial charge is 0.337 e. The van der Waals surface area contributed by atoms with Gasteiger partial charge in [-0.25, -0.2) is 4.79 Å². The number of hydrogen-bond donors (Lipinski definition) is 1. The van der Waals surface area contributed by atoms with Crippen LogP contribution < -0.4 is 10.1 Å². The van der Waals surface area contributed by atoms with E-state index in [-0.39, 0.29) is 24.5 Å². The van der Waals surface area contributed by atoms with Crippen molar-refractivity contribution in [3.05, 3.63) is 53.5 Å². The third-order valence-corrected chi connectivity index (χ3v) is 5.98. The van der Waals surface area contributed by atoms with Crippen molar-refractivity contribution < 1.29 is 23.5 Å². The van der Waals surface area contributed by atoms with E-state index in [1.54, 1.807) is 36.4 Å². The number of carbonyl (C=O) groups is 2. The van der Waals surface area contributed by atoms with Crippen LogP contribution in [0.4, 0.5) is 0 Å². The van der Waals surface area contributed by atoms with Crippen LogP contribution in [0.25, 0.3) is 0 Å². The lowest BCUT2D eigenvalue weighted by Crippen LogP contribution is -2.34. The fourth-order valence-electron chi connectivity index (χ4n) is 4.10. The Morgan fingerprint density at radius 1 is 0.875 bits per heavy atom. The molecule has 0 bridgehead atoms. The average Bonchev–Trinajstić information content (AvgIpc) is 3.28. The molecular weight excluding hydrogens is 406 g/mol. The molecule has 1 aromatic heterocycles. The second-order valence-electron chi connectivity index (χ2n) is 8.50. The van der Waals surface area contributed by atoms with E-state index in [0.717, 1.165) is 25.7 Å². The first kappa shape index (κ1) is 23.9. The van der Waals surface area contributed by atoms with Crippen molar-refractivity contribution in [2.75, 3.05) is 7.11 Å². The number of esters is 1. The lowest BCUT2D eigenvalue weighted by atomic mass is 9.98. The Kier molecular flexibility index (Phi) is 9.66. The third-order valence-electron chi connectivity index (χ3n) is 5.98. The zero-order valence-electron chi connectivity index (χ0n) is 19.1. The molecule has 1 heterocycles. The van der Waals surface area contributed by atoms with Crippen molar-refractivity contribution in [1.29, 1.82) is 0 Å². The van der Waals surface area contributed by atoms with Gasteiger partial charge in [-0.3, -0.25) is 4.79 Å². The predicted molar refractivity (Wildman–Crippen MR) is 123 cm³/mol. The number of carbonyl (C=O) groups excluding carboxylic acids is 2. The van der Waals surface area contributed by atoms with Gasteiger partial charge in [0.05, 0.1) is 12.7 Å². The molecule has 32 heavy (non-hydrogen) atoms. The Balaban J connectivity index is 1.48. The topological polar surface area (TPSA) is 77.8 Å². The Morgan fingerprint density at radius 2 is 1.47 bits per heavy atom. The Labute approximate surface area is 190 Å². The molecule has 1 aromatic carbocycles. The summed E-state index contributed by atoms with van der Waals surface area (Å²) in [6.07, 6.45) is 13.5. The lowest BCUT2D eigenvalue weighted by Gasteiger charge is -2.19. The molecule has 1 aliphatic carbocycles. The van der Waals surface area contributed by atoms with Crippen LogP contribution >= 0.6 is 0 Å². The minimum absolute atomic E-state index is 0.157. The van der Waals surface area contributed by atoms with Crippen LogP contribution in [-0.4, -0.2) is 25.0 Å². The van der Waals surface area contributed by atoms with E-state index in [9.17, 15) is 9.59 Å². The molecule has 1 aliphatic rings. The molecule has 0 radical (unpaired) electrons. The molecular formula is C26H35NO5. The molecule has 1 fully saturated rings. The minimum atomic E-state index is -0.389.